The summed E-state index contributed by atoms with van der Waals surface area (Å²) >= 11 is 0. The Kier molecular flexibility index (Phi) is 2.93. The summed E-state index contributed by atoms with van der Waals surface area (Å²) in [5.74, 6) is 1.64. The van der Waals surface area contributed by atoms with Gasteiger partial charge >= 0.3 is 0 Å². The van der Waals surface area contributed by atoms with Crippen molar-refractivity contribution in [1.29, 1.82) is 0 Å². The number of carbonyl (C=O) groups is 1. The van der Waals surface area contributed by atoms with Gasteiger partial charge in [-0.2, -0.15) is 0 Å². The zero-order valence-corrected chi connectivity index (χ0v) is 9.96. The molecule has 1 aliphatic heterocycles. The molecule has 0 radical (unpaired) electrons. The summed E-state index contributed by atoms with van der Waals surface area (Å²) in [5, 5.41) is 7.75. The van der Waals surface area contributed by atoms with Crippen LogP contribution in [0.15, 0.2) is 6.20 Å². The largest absolute Gasteiger partial charge is 0.303 e. The highest BCUT2D eigenvalue weighted by Gasteiger charge is 2.29. The lowest BCUT2D eigenvalue weighted by atomic mass is 10.1. The van der Waals surface area contributed by atoms with E-state index in [1.54, 1.807) is 10.9 Å². The highest BCUT2D eigenvalue weighted by atomic mass is 16.1. The van der Waals surface area contributed by atoms with Crippen molar-refractivity contribution in [1.82, 2.24) is 19.9 Å². The molecule has 0 unspecified atom stereocenters. The minimum atomic E-state index is 0.429. The van der Waals surface area contributed by atoms with Gasteiger partial charge in [0, 0.05) is 19.6 Å². The molecule has 17 heavy (non-hydrogen) atoms. The number of aldehydes is 1. The minimum absolute atomic E-state index is 0.429. The maximum atomic E-state index is 10.5. The average molecular weight is 234 g/mol. The number of rotatable bonds is 5. The Morgan fingerprint density at radius 2 is 2.18 bits per heavy atom. The van der Waals surface area contributed by atoms with Crippen LogP contribution in [0.5, 0.6) is 0 Å². The van der Waals surface area contributed by atoms with E-state index in [0.29, 0.717) is 11.6 Å². The molecule has 1 aliphatic carbocycles. The summed E-state index contributed by atoms with van der Waals surface area (Å²) in [6.07, 6.45) is 6.57. The van der Waals surface area contributed by atoms with Gasteiger partial charge in [-0.15, -0.1) is 5.10 Å². The van der Waals surface area contributed by atoms with Crippen LogP contribution in [0.2, 0.25) is 0 Å². The first-order chi connectivity index (χ1) is 8.33. The Morgan fingerprint density at radius 1 is 1.29 bits per heavy atom. The molecular formula is C12H18N4O. The van der Waals surface area contributed by atoms with Crippen molar-refractivity contribution in [3.63, 3.8) is 0 Å². The molecule has 0 N–H and O–H groups in total. The first-order valence-corrected chi connectivity index (χ1v) is 6.41. The lowest BCUT2D eigenvalue weighted by Gasteiger charge is -2.15. The van der Waals surface area contributed by atoms with Crippen LogP contribution >= 0.6 is 0 Å². The van der Waals surface area contributed by atoms with E-state index in [-0.39, 0.29) is 0 Å². The summed E-state index contributed by atoms with van der Waals surface area (Å²) in [6.45, 7) is 4.57. The van der Waals surface area contributed by atoms with E-state index >= 15 is 0 Å². The van der Waals surface area contributed by atoms with Crippen LogP contribution in [-0.2, 0) is 6.54 Å². The zero-order chi connectivity index (χ0) is 11.7. The molecule has 2 heterocycles. The van der Waals surface area contributed by atoms with Crippen molar-refractivity contribution in [3.05, 3.63) is 11.9 Å². The summed E-state index contributed by atoms with van der Waals surface area (Å²) < 4.78 is 1.80. The summed E-state index contributed by atoms with van der Waals surface area (Å²) in [7, 11) is 0. The molecule has 2 aliphatic rings. The third kappa shape index (κ3) is 2.72. The Balaban J connectivity index is 1.50. The zero-order valence-electron chi connectivity index (χ0n) is 9.96. The number of carbonyl (C=O) groups excluding carboxylic acids is 1. The number of hydrogen-bond acceptors (Lipinski definition) is 4. The SMILES string of the molecule is O=Cc1cn(C[C@H]2CCN(CC3CC3)C2)nn1. The van der Waals surface area contributed by atoms with Crippen LogP contribution in [0, 0.1) is 11.8 Å². The van der Waals surface area contributed by atoms with E-state index in [1.165, 1.54) is 38.9 Å². The molecule has 5 heteroatoms. The van der Waals surface area contributed by atoms with Gasteiger partial charge in [0.05, 0.1) is 6.20 Å². The van der Waals surface area contributed by atoms with Crippen LogP contribution in [0.4, 0.5) is 0 Å². The van der Waals surface area contributed by atoms with Gasteiger partial charge in [0.1, 0.15) is 5.69 Å². The van der Waals surface area contributed by atoms with E-state index in [1.807, 2.05) is 0 Å². The van der Waals surface area contributed by atoms with Gasteiger partial charge in [-0.05, 0) is 37.6 Å². The van der Waals surface area contributed by atoms with Crippen molar-refractivity contribution in [2.45, 2.75) is 25.8 Å². The third-order valence-corrected chi connectivity index (χ3v) is 3.71. The molecule has 2 fully saturated rings. The lowest BCUT2D eigenvalue weighted by molar-refractivity contribution is 0.111. The summed E-state index contributed by atoms with van der Waals surface area (Å²) in [6, 6.07) is 0. The topological polar surface area (TPSA) is 51.0 Å². The smallest absolute Gasteiger partial charge is 0.171 e. The minimum Gasteiger partial charge on any atom is -0.303 e. The van der Waals surface area contributed by atoms with Gasteiger partial charge in [-0.3, -0.25) is 9.48 Å². The van der Waals surface area contributed by atoms with Crippen LogP contribution in [-0.4, -0.2) is 45.8 Å². The molecule has 1 atom stereocenters. The first-order valence-electron chi connectivity index (χ1n) is 6.41. The maximum absolute atomic E-state index is 10.5. The third-order valence-electron chi connectivity index (χ3n) is 3.71. The monoisotopic (exact) mass is 234 g/mol. The molecule has 1 saturated carbocycles. The Labute approximate surface area is 101 Å². The average Bonchev–Trinajstić information content (AvgIpc) is 2.86. The molecule has 1 aromatic rings. The Morgan fingerprint density at radius 3 is 2.88 bits per heavy atom. The number of likely N-dealkylation sites (tertiary alicyclic amines) is 1. The van der Waals surface area contributed by atoms with Crippen molar-refractivity contribution in [2.75, 3.05) is 19.6 Å². The molecule has 0 bridgehead atoms. The highest BCUT2D eigenvalue weighted by molar-refractivity contribution is 5.70. The molecule has 1 aromatic heterocycles. The van der Waals surface area contributed by atoms with Crippen molar-refractivity contribution in [3.8, 4) is 0 Å². The van der Waals surface area contributed by atoms with E-state index in [9.17, 15) is 4.79 Å². The number of nitrogens with zero attached hydrogens (tertiary/aromatic N) is 4. The predicted octanol–water partition coefficient (Wildman–Crippen LogP) is 0.822. The second-order valence-corrected chi connectivity index (χ2v) is 5.34. The van der Waals surface area contributed by atoms with E-state index in [4.69, 9.17) is 0 Å². The van der Waals surface area contributed by atoms with Gasteiger partial charge in [-0.1, -0.05) is 5.21 Å². The molecule has 0 amide bonds. The van der Waals surface area contributed by atoms with Crippen LogP contribution in [0.25, 0.3) is 0 Å². The second-order valence-electron chi connectivity index (χ2n) is 5.34. The molecular weight excluding hydrogens is 216 g/mol. The molecule has 5 nitrogen and oxygen atoms in total. The summed E-state index contributed by atoms with van der Waals surface area (Å²) in [5.41, 5.74) is 0.429. The fourth-order valence-electron chi connectivity index (χ4n) is 2.61. The second kappa shape index (κ2) is 4.56. The molecule has 92 valence electrons. The fourth-order valence-corrected chi connectivity index (χ4v) is 2.61. The molecule has 0 spiro atoms. The van der Waals surface area contributed by atoms with Crippen molar-refractivity contribution in [2.24, 2.45) is 11.8 Å². The molecule has 3 rings (SSSR count). The summed E-state index contributed by atoms with van der Waals surface area (Å²) in [4.78, 5) is 13.1. The first kappa shape index (κ1) is 10.9. The quantitative estimate of drug-likeness (QED) is 0.708. The Hall–Kier alpha value is -1.23. The van der Waals surface area contributed by atoms with Crippen molar-refractivity contribution < 1.29 is 4.79 Å². The normalized spacial score (nSPS) is 25.3. The van der Waals surface area contributed by atoms with E-state index in [0.717, 1.165) is 18.7 Å². The van der Waals surface area contributed by atoms with E-state index < -0.39 is 0 Å². The number of aromatic nitrogens is 3. The van der Waals surface area contributed by atoms with Gasteiger partial charge in [-0.25, -0.2) is 0 Å². The van der Waals surface area contributed by atoms with E-state index in [2.05, 4.69) is 15.2 Å². The molecule has 1 saturated heterocycles. The Bertz CT molecular complexity index is 399. The highest BCUT2D eigenvalue weighted by Crippen LogP contribution is 2.31. The van der Waals surface area contributed by atoms with Gasteiger partial charge in [0.25, 0.3) is 0 Å². The van der Waals surface area contributed by atoms with Gasteiger partial charge < -0.3 is 4.90 Å². The fraction of sp³-hybridized carbons (Fsp3) is 0.750. The van der Waals surface area contributed by atoms with Crippen LogP contribution in [0.3, 0.4) is 0 Å². The molecule has 0 aromatic carbocycles. The van der Waals surface area contributed by atoms with Crippen LogP contribution in [0.1, 0.15) is 29.8 Å². The number of hydrogen-bond donors (Lipinski definition) is 0. The predicted molar refractivity (Wildman–Crippen MR) is 62.7 cm³/mol. The maximum Gasteiger partial charge on any atom is 0.171 e. The van der Waals surface area contributed by atoms with Gasteiger partial charge in [0.2, 0.25) is 0 Å². The van der Waals surface area contributed by atoms with Crippen molar-refractivity contribution >= 4 is 6.29 Å². The lowest BCUT2D eigenvalue weighted by Crippen LogP contribution is -2.24. The van der Waals surface area contributed by atoms with Crippen LogP contribution < -0.4 is 0 Å². The van der Waals surface area contributed by atoms with Gasteiger partial charge in [0.15, 0.2) is 6.29 Å². The standard InChI is InChI=1S/C12H18N4O/c17-9-12-8-16(14-13-12)7-11-3-4-15(6-11)5-10-1-2-10/h8-11H,1-7H2/t11-/m0/s1.